The lowest BCUT2D eigenvalue weighted by Crippen LogP contribution is -2.38. The standard InChI is InChI=1S/C23H23N3O2S2/c1-28-16-6-7-19-17(12-16)18(13-24-19)15-8-10-26(11-9-15)22(27)14-29-23-25-20-4-2-3-5-21(20)30-23/h2-7,12-13,15,24H,8-11,14H2,1H3. The summed E-state index contributed by atoms with van der Waals surface area (Å²) in [5.74, 6) is 2.00. The summed E-state index contributed by atoms with van der Waals surface area (Å²) in [7, 11) is 1.70. The van der Waals surface area contributed by atoms with Gasteiger partial charge in [-0.05, 0) is 54.7 Å². The maximum Gasteiger partial charge on any atom is 0.233 e. The molecule has 1 amide bonds. The van der Waals surface area contributed by atoms with Crippen LogP contribution in [0, 0.1) is 0 Å². The molecule has 0 aliphatic carbocycles. The van der Waals surface area contributed by atoms with Crippen molar-refractivity contribution in [3.05, 3.63) is 54.2 Å². The van der Waals surface area contributed by atoms with Crippen LogP contribution in [0.25, 0.3) is 21.1 Å². The molecule has 1 aliphatic heterocycles. The fourth-order valence-corrected chi connectivity index (χ4v) is 6.12. The first kappa shape index (κ1) is 19.5. The van der Waals surface area contributed by atoms with E-state index in [4.69, 9.17) is 4.74 Å². The van der Waals surface area contributed by atoms with E-state index in [0.29, 0.717) is 11.7 Å². The van der Waals surface area contributed by atoms with Crippen LogP contribution < -0.4 is 4.74 Å². The Bertz CT molecular complexity index is 1160. The van der Waals surface area contributed by atoms with E-state index in [9.17, 15) is 4.79 Å². The number of fused-ring (bicyclic) bond motifs is 2. The van der Waals surface area contributed by atoms with Crippen molar-refractivity contribution in [3.8, 4) is 5.75 Å². The quantitative estimate of drug-likeness (QED) is 0.431. The van der Waals surface area contributed by atoms with Gasteiger partial charge in [0.15, 0.2) is 4.34 Å². The zero-order valence-corrected chi connectivity index (χ0v) is 18.4. The molecule has 0 unspecified atom stereocenters. The van der Waals surface area contributed by atoms with E-state index in [-0.39, 0.29) is 5.91 Å². The molecule has 5 nitrogen and oxygen atoms in total. The van der Waals surface area contributed by atoms with E-state index < -0.39 is 0 Å². The second kappa shape index (κ2) is 8.32. The summed E-state index contributed by atoms with van der Waals surface area (Å²) in [5, 5.41) is 1.23. The normalized spacial score (nSPS) is 15.2. The lowest BCUT2D eigenvalue weighted by Gasteiger charge is -2.32. The van der Waals surface area contributed by atoms with Crippen molar-refractivity contribution in [3.63, 3.8) is 0 Å². The minimum absolute atomic E-state index is 0.207. The number of aromatic amines is 1. The number of nitrogens with zero attached hydrogens (tertiary/aromatic N) is 2. The van der Waals surface area contributed by atoms with E-state index in [2.05, 4.69) is 34.4 Å². The molecule has 154 valence electrons. The van der Waals surface area contributed by atoms with Crippen molar-refractivity contribution in [2.24, 2.45) is 0 Å². The first-order valence-electron chi connectivity index (χ1n) is 10.1. The number of amides is 1. The van der Waals surface area contributed by atoms with Crippen molar-refractivity contribution in [1.82, 2.24) is 14.9 Å². The Kier molecular flexibility index (Phi) is 5.39. The van der Waals surface area contributed by atoms with Gasteiger partial charge in [-0.3, -0.25) is 4.79 Å². The summed E-state index contributed by atoms with van der Waals surface area (Å²) in [5.41, 5.74) is 3.48. The lowest BCUT2D eigenvalue weighted by atomic mass is 9.89. The number of piperidine rings is 1. The van der Waals surface area contributed by atoms with Gasteiger partial charge in [0.2, 0.25) is 5.91 Å². The van der Waals surface area contributed by atoms with E-state index >= 15 is 0 Å². The summed E-state index contributed by atoms with van der Waals surface area (Å²) in [6.45, 7) is 1.61. The zero-order valence-electron chi connectivity index (χ0n) is 16.8. The number of methoxy groups -OCH3 is 1. The fraction of sp³-hybridized carbons (Fsp3) is 0.304. The Morgan fingerprint density at radius 1 is 1.27 bits per heavy atom. The Morgan fingerprint density at radius 2 is 2.10 bits per heavy atom. The second-order valence-corrected chi connectivity index (χ2v) is 9.80. The third-order valence-corrected chi connectivity index (χ3v) is 7.97. The summed E-state index contributed by atoms with van der Waals surface area (Å²) in [6, 6.07) is 14.3. The lowest BCUT2D eigenvalue weighted by molar-refractivity contribution is -0.129. The molecule has 1 N–H and O–H groups in total. The Labute approximate surface area is 183 Å². The van der Waals surface area contributed by atoms with E-state index in [1.54, 1.807) is 30.2 Å². The van der Waals surface area contributed by atoms with Crippen LogP contribution in [0.4, 0.5) is 0 Å². The van der Waals surface area contributed by atoms with Gasteiger partial charge in [-0.1, -0.05) is 23.9 Å². The highest BCUT2D eigenvalue weighted by Gasteiger charge is 2.25. The van der Waals surface area contributed by atoms with Crippen LogP contribution in [0.2, 0.25) is 0 Å². The first-order chi connectivity index (χ1) is 14.7. The van der Waals surface area contributed by atoms with Crippen LogP contribution >= 0.6 is 23.1 Å². The van der Waals surface area contributed by atoms with Crippen LogP contribution in [0.15, 0.2) is 53.0 Å². The average Bonchev–Trinajstić information content (AvgIpc) is 3.40. The number of likely N-dealkylation sites (tertiary alicyclic amines) is 1. The predicted molar refractivity (Wildman–Crippen MR) is 124 cm³/mol. The molecule has 1 fully saturated rings. The van der Waals surface area contributed by atoms with Gasteiger partial charge in [0, 0.05) is 30.2 Å². The van der Waals surface area contributed by atoms with Gasteiger partial charge in [0.1, 0.15) is 5.75 Å². The molecule has 30 heavy (non-hydrogen) atoms. The molecular weight excluding hydrogens is 414 g/mol. The third kappa shape index (κ3) is 3.79. The second-order valence-electron chi connectivity index (χ2n) is 7.55. The SMILES string of the molecule is COc1ccc2[nH]cc(C3CCN(C(=O)CSc4nc5ccccc5s4)CC3)c2c1. The van der Waals surface area contributed by atoms with Gasteiger partial charge >= 0.3 is 0 Å². The van der Waals surface area contributed by atoms with Crippen molar-refractivity contribution in [2.75, 3.05) is 26.0 Å². The molecule has 2 aromatic heterocycles. The monoisotopic (exact) mass is 437 g/mol. The molecule has 0 saturated carbocycles. The van der Waals surface area contributed by atoms with Crippen molar-refractivity contribution in [2.45, 2.75) is 23.1 Å². The van der Waals surface area contributed by atoms with Crippen molar-refractivity contribution in [1.29, 1.82) is 0 Å². The van der Waals surface area contributed by atoms with Crippen LogP contribution in [-0.4, -0.2) is 46.7 Å². The number of H-pyrrole nitrogens is 1. The van der Waals surface area contributed by atoms with Gasteiger partial charge in [-0.2, -0.15) is 0 Å². The molecule has 4 aromatic rings. The van der Waals surface area contributed by atoms with E-state index in [1.807, 2.05) is 29.2 Å². The molecule has 0 spiro atoms. The van der Waals surface area contributed by atoms with Gasteiger partial charge < -0.3 is 14.6 Å². The molecule has 5 rings (SSSR count). The van der Waals surface area contributed by atoms with E-state index in [0.717, 1.165) is 47.1 Å². The van der Waals surface area contributed by atoms with Gasteiger partial charge in [-0.25, -0.2) is 4.98 Å². The molecule has 2 aromatic carbocycles. The number of ether oxygens (including phenoxy) is 1. The maximum atomic E-state index is 12.7. The molecule has 0 bridgehead atoms. The molecular formula is C23H23N3O2S2. The summed E-state index contributed by atoms with van der Waals surface area (Å²) in [4.78, 5) is 22.7. The number of carbonyl (C=O) groups is 1. The highest BCUT2D eigenvalue weighted by molar-refractivity contribution is 8.01. The smallest absolute Gasteiger partial charge is 0.233 e. The molecule has 0 radical (unpaired) electrons. The number of hydrogen-bond donors (Lipinski definition) is 1. The van der Waals surface area contributed by atoms with Gasteiger partial charge in [0.25, 0.3) is 0 Å². The first-order valence-corrected chi connectivity index (χ1v) is 11.9. The van der Waals surface area contributed by atoms with Gasteiger partial charge in [0.05, 0.1) is 23.1 Å². The minimum atomic E-state index is 0.207. The van der Waals surface area contributed by atoms with Crippen molar-refractivity contribution < 1.29 is 9.53 Å². The number of para-hydroxylation sites is 1. The molecule has 0 atom stereocenters. The van der Waals surface area contributed by atoms with Crippen molar-refractivity contribution >= 4 is 50.1 Å². The highest BCUT2D eigenvalue weighted by atomic mass is 32.2. The fourth-order valence-electron chi connectivity index (χ4n) is 4.15. The Morgan fingerprint density at radius 3 is 2.90 bits per heavy atom. The number of thioether (sulfide) groups is 1. The number of thiazole rings is 1. The number of aromatic nitrogens is 2. The zero-order chi connectivity index (χ0) is 20.5. The summed E-state index contributed by atoms with van der Waals surface area (Å²) in [6.07, 6.45) is 4.10. The third-order valence-electron chi connectivity index (χ3n) is 5.80. The van der Waals surface area contributed by atoms with Crippen LogP contribution in [0.3, 0.4) is 0 Å². The maximum absolute atomic E-state index is 12.7. The number of rotatable bonds is 5. The van der Waals surface area contributed by atoms with Gasteiger partial charge in [-0.15, -0.1) is 11.3 Å². The van der Waals surface area contributed by atoms with Crippen LogP contribution in [-0.2, 0) is 4.79 Å². The summed E-state index contributed by atoms with van der Waals surface area (Å²) >= 11 is 3.21. The molecule has 1 saturated heterocycles. The number of carbonyl (C=O) groups excluding carboxylic acids is 1. The molecule has 1 aliphatic rings. The number of nitrogens with one attached hydrogen (secondary N) is 1. The number of benzene rings is 2. The Hall–Kier alpha value is -2.51. The topological polar surface area (TPSA) is 58.2 Å². The summed E-state index contributed by atoms with van der Waals surface area (Å²) < 4.78 is 7.53. The van der Waals surface area contributed by atoms with Crippen LogP contribution in [0.1, 0.15) is 24.3 Å². The molecule has 3 heterocycles. The highest BCUT2D eigenvalue weighted by Crippen LogP contribution is 2.35. The largest absolute Gasteiger partial charge is 0.497 e. The molecule has 7 heteroatoms. The number of hydrogen-bond acceptors (Lipinski definition) is 5. The predicted octanol–water partition coefficient (Wildman–Crippen LogP) is 5.28. The Balaban J connectivity index is 1.20. The minimum Gasteiger partial charge on any atom is -0.497 e. The van der Waals surface area contributed by atoms with E-state index in [1.165, 1.54) is 15.6 Å². The van der Waals surface area contributed by atoms with Crippen LogP contribution in [0.5, 0.6) is 5.75 Å². The average molecular weight is 438 g/mol.